The Hall–Kier alpha value is -1.78. The lowest BCUT2D eigenvalue weighted by molar-refractivity contribution is 0.473. The highest BCUT2D eigenvalue weighted by atomic mass is 35.5. The van der Waals surface area contributed by atoms with E-state index in [0.717, 1.165) is 10.9 Å². The van der Waals surface area contributed by atoms with Crippen LogP contribution < -0.4 is 5.32 Å². The zero-order chi connectivity index (χ0) is 13.4. The summed E-state index contributed by atoms with van der Waals surface area (Å²) in [6, 6.07) is 8.09. The Kier molecular flexibility index (Phi) is 3.05. The van der Waals surface area contributed by atoms with E-state index in [9.17, 15) is 4.39 Å². The summed E-state index contributed by atoms with van der Waals surface area (Å²) < 4.78 is 24.3. The molecule has 1 atom stereocenters. The molecule has 0 aliphatic heterocycles. The summed E-state index contributed by atoms with van der Waals surface area (Å²) in [4.78, 5) is 0. The second-order valence-corrected chi connectivity index (χ2v) is 4.52. The van der Waals surface area contributed by atoms with Crippen molar-refractivity contribution in [3.63, 3.8) is 0 Å². The summed E-state index contributed by atoms with van der Waals surface area (Å²) in [5.74, 6) is 0.211. The molecule has 1 aromatic carbocycles. The molecule has 1 unspecified atom stereocenters. The number of hydrogen-bond donors (Lipinski definition) is 1. The molecule has 0 aliphatic carbocycles. The van der Waals surface area contributed by atoms with Gasteiger partial charge >= 0.3 is 0 Å². The molecule has 0 spiro atoms. The van der Waals surface area contributed by atoms with Gasteiger partial charge in [-0.3, -0.25) is 0 Å². The van der Waals surface area contributed by atoms with Gasteiger partial charge in [0.15, 0.2) is 16.6 Å². The predicted octanol–water partition coefficient (Wildman–Crippen LogP) is 4.13. The first kappa shape index (κ1) is 12.3. The molecule has 2 heterocycles. The fourth-order valence-electron chi connectivity index (χ4n) is 2.15. The maximum absolute atomic E-state index is 13.6. The zero-order valence-electron chi connectivity index (χ0n) is 10.1. The van der Waals surface area contributed by atoms with E-state index in [2.05, 4.69) is 5.32 Å². The normalized spacial score (nSPS) is 13.0. The molecular weight excluding hydrogens is 269 g/mol. The quantitative estimate of drug-likeness (QED) is 0.783. The number of benzene rings is 1. The third-order valence-corrected chi connectivity index (χ3v) is 3.35. The van der Waals surface area contributed by atoms with E-state index in [1.54, 1.807) is 31.3 Å². The Morgan fingerprint density at radius 3 is 2.79 bits per heavy atom. The molecule has 19 heavy (non-hydrogen) atoms. The van der Waals surface area contributed by atoms with Crippen LogP contribution in [0.2, 0.25) is 5.22 Å². The topological polar surface area (TPSA) is 38.3 Å². The standard InChI is InChI=1S/C14H11ClFNO2/c1-17-12(9-5-6-18-14(9)15)11-7-8-3-2-4-10(16)13(8)19-11/h2-7,12,17H,1H3. The summed E-state index contributed by atoms with van der Waals surface area (Å²) >= 11 is 5.97. The molecule has 1 N–H and O–H groups in total. The summed E-state index contributed by atoms with van der Waals surface area (Å²) in [5.41, 5.74) is 1.00. The van der Waals surface area contributed by atoms with Gasteiger partial charge in [0.2, 0.25) is 0 Å². The average Bonchev–Trinajstić information content (AvgIpc) is 2.99. The largest absolute Gasteiger partial charge is 0.456 e. The van der Waals surface area contributed by atoms with Crippen molar-refractivity contribution in [3.8, 4) is 0 Å². The van der Waals surface area contributed by atoms with Gasteiger partial charge in [-0.05, 0) is 36.8 Å². The highest BCUT2D eigenvalue weighted by molar-refractivity contribution is 6.29. The van der Waals surface area contributed by atoms with E-state index < -0.39 is 0 Å². The van der Waals surface area contributed by atoms with Crippen LogP contribution in [0.25, 0.3) is 11.0 Å². The third-order valence-electron chi connectivity index (χ3n) is 3.05. The molecule has 98 valence electrons. The van der Waals surface area contributed by atoms with Crippen LogP contribution in [-0.4, -0.2) is 7.05 Å². The van der Waals surface area contributed by atoms with Gasteiger partial charge in [-0.2, -0.15) is 0 Å². The number of fused-ring (bicyclic) bond motifs is 1. The molecule has 0 saturated carbocycles. The van der Waals surface area contributed by atoms with Gasteiger partial charge in [0.25, 0.3) is 0 Å². The molecular formula is C14H11ClFNO2. The van der Waals surface area contributed by atoms with Gasteiger partial charge in [0.1, 0.15) is 5.76 Å². The van der Waals surface area contributed by atoms with Gasteiger partial charge in [-0.25, -0.2) is 4.39 Å². The Balaban J connectivity index is 2.12. The Morgan fingerprint density at radius 2 is 2.16 bits per heavy atom. The van der Waals surface area contributed by atoms with Crippen molar-refractivity contribution < 1.29 is 13.2 Å². The summed E-state index contributed by atoms with van der Waals surface area (Å²) in [6.45, 7) is 0. The molecule has 0 bridgehead atoms. The minimum atomic E-state index is -0.378. The van der Waals surface area contributed by atoms with Crippen LogP contribution in [0.1, 0.15) is 17.4 Å². The van der Waals surface area contributed by atoms with Crippen molar-refractivity contribution in [3.05, 3.63) is 59.0 Å². The lowest BCUT2D eigenvalue weighted by Gasteiger charge is -2.11. The molecule has 3 nitrogen and oxygen atoms in total. The fourth-order valence-corrected chi connectivity index (χ4v) is 2.37. The monoisotopic (exact) mass is 279 g/mol. The van der Waals surface area contributed by atoms with Gasteiger partial charge in [-0.15, -0.1) is 0 Å². The van der Waals surface area contributed by atoms with Gasteiger partial charge in [-0.1, -0.05) is 12.1 Å². The summed E-state index contributed by atoms with van der Waals surface area (Å²) in [6.07, 6.45) is 1.51. The van der Waals surface area contributed by atoms with Crippen LogP contribution >= 0.6 is 11.6 Å². The second kappa shape index (κ2) is 4.72. The first-order valence-corrected chi connectivity index (χ1v) is 6.16. The van der Waals surface area contributed by atoms with Gasteiger partial charge in [0, 0.05) is 10.9 Å². The highest BCUT2D eigenvalue weighted by Gasteiger charge is 2.21. The SMILES string of the molecule is CNC(c1cc2cccc(F)c2o1)c1ccoc1Cl. The van der Waals surface area contributed by atoms with Crippen molar-refractivity contribution in [1.82, 2.24) is 5.32 Å². The number of rotatable bonds is 3. The number of halogens is 2. The molecule has 5 heteroatoms. The number of para-hydroxylation sites is 1. The molecule has 0 amide bonds. The smallest absolute Gasteiger partial charge is 0.198 e. The Bertz CT molecular complexity index is 719. The summed E-state index contributed by atoms with van der Waals surface area (Å²) in [5, 5.41) is 4.09. The maximum Gasteiger partial charge on any atom is 0.198 e. The van der Waals surface area contributed by atoms with Crippen LogP contribution in [0.15, 0.2) is 45.4 Å². The first-order chi connectivity index (χ1) is 9.20. The Labute approximate surface area is 114 Å². The minimum absolute atomic E-state index is 0.248. The van der Waals surface area contributed by atoms with Crippen LogP contribution in [0, 0.1) is 5.82 Å². The highest BCUT2D eigenvalue weighted by Crippen LogP contribution is 2.33. The maximum atomic E-state index is 13.6. The molecule has 3 aromatic rings. The lowest BCUT2D eigenvalue weighted by Crippen LogP contribution is -2.16. The Morgan fingerprint density at radius 1 is 1.32 bits per heavy atom. The van der Waals surface area contributed by atoms with Crippen LogP contribution in [0.5, 0.6) is 0 Å². The van der Waals surface area contributed by atoms with Crippen molar-refractivity contribution in [1.29, 1.82) is 0 Å². The minimum Gasteiger partial charge on any atom is -0.456 e. The number of hydrogen-bond acceptors (Lipinski definition) is 3. The fraction of sp³-hybridized carbons (Fsp3) is 0.143. The van der Waals surface area contributed by atoms with Crippen molar-refractivity contribution >= 4 is 22.6 Å². The van der Waals surface area contributed by atoms with Crippen LogP contribution in [0.3, 0.4) is 0 Å². The second-order valence-electron chi connectivity index (χ2n) is 4.18. The summed E-state index contributed by atoms with van der Waals surface area (Å²) in [7, 11) is 1.78. The van der Waals surface area contributed by atoms with Crippen molar-refractivity contribution in [2.75, 3.05) is 7.05 Å². The van der Waals surface area contributed by atoms with E-state index in [0.29, 0.717) is 11.0 Å². The van der Waals surface area contributed by atoms with Gasteiger partial charge in [0.05, 0.1) is 12.3 Å². The van der Waals surface area contributed by atoms with Crippen LogP contribution in [0.4, 0.5) is 4.39 Å². The molecule has 0 radical (unpaired) electrons. The van der Waals surface area contributed by atoms with Gasteiger partial charge < -0.3 is 14.2 Å². The van der Waals surface area contributed by atoms with Crippen molar-refractivity contribution in [2.45, 2.75) is 6.04 Å². The van der Waals surface area contributed by atoms with E-state index in [-0.39, 0.29) is 17.4 Å². The molecule has 0 saturated heterocycles. The van der Waals surface area contributed by atoms with Crippen LogP contribution in [-0.2, 0) is 0 Å². The first-order valence-electron chi connectivity index (χ1n) is 5.79. The molecule has 0 fully saturated rings. The van der Waals surface area contributed by atoms with E-state index in [1.165, 1.54) is 12.3 Å². The molecule has 0 aliphatic rings. The lowest BCUT2D eigenvalue weighted by atomic mass is 10.1. The van der Waals surface area contributed by atoms with Crippen molar-refractivity contribution in [2.24, 2.45) is 0 Å². The molecule has 2 aromatic heterocycles. The predicted molar refractivity (Wildman–Crippen MR) is 70.8 cm³/mol. The molecule has 3 rings (SSSR count). The van der Waals surface area contributed by atoms with E-state index in [4.69, 9.17) is 20.4 Å². The number of nitrogens with one attached hydrogen (secondary N) is 1. The number of furan rings is 2. The van der Waals surface area contributed by atoms with E-state index >= 15 is 0 Å². The zero-order valence-corrected chi connectivity index (χ0v) is 10.9. The van der Waals surface area contributed by atoms with E-state index in [1.807, 2.05) is 0 Å². The third kappa shape index (κ3) is 2.03. The average molecular weight is 280 g/mol.